The number of carboxylic acid groups (broad SMARTS) is 1. The zero-order valence-electron chi connectivity index (χ0n) is 19.2. The van der Waals surface area contributed by atoms with Gasteiger partial charge in [-0.1, -0.05) is 60.1 Å². The van der Waals surface area contributed by atoms with Crippen LogP contribution in [0.2, 0.25) is 5.02 Å². The van der Waals surface area contributed by atoms with Crippen LogP contribution in [0, 0.1) is 6.92 Å². The van der Waals surface area contributed by atoms with Crippen LogP contribution in [0.15, 0.2) is 66.7 Å². The summed E-state index contributed by atoms with van der Waals surface area (Å²) in [6.07, 6.45) is 2.26. The van der Waals surface area contributed by atoms with Crippen molar-refractivity contribution < 1.29 is 19.4 Å². The number of hydrogen-bond donors (Lipinski definition) is 2. The van der Waals surface area contributed by atoms with E-state index in [1.165, 1.54) is 0 Å². The molecule has 35 heavy (non-hydrogen) atoms. The summed E-state index contributed by atoms with van der Waals surface area (Å²) >= 11 is 7.76. The van der Waals surface area contributed by atoms with E-state index in [0.717, 1.165) is 27.8 Å². The zero-order chi connectivity index (χ0) is 24.5. The Kier molecular flexibility index (Phi) is 11.9. The number of hydrogen-bond acceptors (Lipinski definition) is 4. The topological polar surface area (TPSA) is 75.6 Å². The first-order valence-electron chi connectivity index (χ1n) is 10.9. The number of carboxylic acids is 1. The minimum atomic E-state index is -1.04. The first-order valence-corrected chi connectivity index (χ1v) is 12.7. The molecule has 0 bridgehead atoms. The standard InChI is InChI=1S/C27H28ClNO4S.Li.H/c1-18-7-3-5-9-21(18)23-15-19(16-33-17-20-8-4-6-10-24(20)28)11-12-22(23)26(30)29-25(27(31)32)13-14-34-2;;/h3-12,15,25H,13-14,16-17H2,1-2H3,(H,29,30)(H,31,32);;/t25-;;/m0../s1. The average Bonchev–Trinajstić information content (AvgIpc) is 2.83. The maximum absolute atomic E-state index is 13.1. The fourth-order valence-corrected chi connectivity index (χ4v) is 4.26. The van der Waals surface area contributed by atoms with Gasteiger partial charge >= 0.3 is 24.8 Å². The number of benzene rings is 3. The molecule has 8 heteroatoms. The molecule has 0 radical (unpaired) electrons. The van der Waals surface area contributed by atoms with Crippen molar-refractivity contribution in [2.24, 2.45) is 0 Å². The number of carbonyl (C=O) groups is 2. The van der Waals surface area contributed by atoms with Crippen LogP contribution in [0.4, 0.5) is 0 Å². The van der Waals surface area contributed by atoms with Crippen LogP contribution in [-0.4, -0.2) is 53.9 Å². The van der Waals surface area contributed by atoms with E-state index >= 15 is 0 Å². The molecule has 3 aromatic carbocycles. The fraction of sp³-hybridized carbons (Fsp3) is 0.259. The Morgan fingerprint density at radius 3 is 2.43 bits per heavy atom. The summed E-state index contributed by atoms with van der Waals surface area (Å²) < 4.78 is 5.88. The summed E-state index contributed by atoms with van der Waals surface area (Å²) in [4.78, 5) is 24.8. The molecule has 1 atom stereocenters. The molecule has 3 aromatic rings. The Morgan fingerprint density at radius 2 is 1.74 bits per heavy atom. The Hall–Kier alpha value is -2.20. The molecule has 180 valence electrons. The van der Waals surface area contributed by atoms with E-state index in [-0.39, 0.29) is 18.9 Å². The van der Waals surface area contributed by atoms with Crippen LogP contribution < -0.4 is 5.32 Å². The molecule has 3 rings (SSSR count). The van der Waals surface area contributed by atoms with Crippen molar-refractivity contribution in [2.45, 2.75) is 32.6 Å². The number of amides is 1. The van der Waals surface area contributed by atoms with Crippen molar-refractivity contribution in [3.63, 3.8) is 0 Å². The van der Waals surface area contributed by atoms with Gasteiger partial charge in [-0.15, -0.1) is 0 Å². The van der Waals surface area contributed by atoms with E-state index in [4.69, 9.17) is 16.3 Å². The molecule has 0 unspecified atom stereocenters. The number of nitrogens with one attached hydrogen (secondary N) is 1. The Labute approximate surface area is 227 Å². The number of halogens is 1. The van der Waals surface area contributed by atoms with Crippen molar-refractivity contribution in [2.75, 3.05) is 12.0 Å². The molecule has 0 aliphatic rings. The van der Waals surface area contributed by atoms with Crippen LogP contribution in [0.5, 0.6) is 0 Å². The fourth-order valence-electron chi connectivity index (χ4n) is 3.60. The minimum absolute atomic E-state index is 0. The van der Waals surface area contributed by atoms with Crippen LogP contribution in [-0.2, 0) is 22.7 Å². The predicted octanol–water partition coefficient (Wildman–Crippen LogP) is 5.32. The van der Waals surface area contributed by atoms with E-state index in [2.05, 4.69) is 5.32 Å². The molecule has 0 saturated heterocycles. The van der Waals surface area contributed by atoms with Crippen molar-refractivity contribution >= 4 is 54.1 Å². The van der Waals surface area contributed by atoms with Gasteiger partial charge in [0.1, 0.15) is 6.04 Å². The van der Waals surface area contributed by atoms with Crippen molar-refractivity contribution in [1.82, 2.24) is 5.32 Å². The Morgan fingerprint density at radius 1 is 1.03 bits per heavy atom. The SMILES string of the molecule is CSCC[C@H](NC(=O)c1ccc(COCc2ccccc2Cl)cc1-c1ccccc1C)C(=O)O.[LiH]. The van der Waals surface area contributed by atoms with Gasteiger partial charge < -0.3 is 15.2 Å². The van der Waals surface area contributed by atoms with Gasteiger partial charge in [-0.2, -0.15) is 11.8 Å². The first-order chi connectivity index (χ1) is 16.4. The molecule has 0 aromatic heterocycles. The van der Waals surface area contributed by atoms with E-state index in [9.17, 15) is 14.7 Å². The zero-order valence-corrected chi connectivity index (χ0v) is 20.8. The van der Waals surface area contributed by atoms with Crippen LogP contribution >= 0.6 is 23.4 Å². The summed E-state index contributed by atoms with van der Waals surface area (Å²) in [5.74, 6) is -0.802. The molecule has 5 nitrogen and oxygen atoms in total. The van der Waals surface area contributed by atoms with Crippen LogP contribution in [0.3, 0.4) is 0 Å². The second-order valence-corrected chi connectivity index (χ2v) is 9.32. The van der Waals surface area contributed by atoms with Gasteiger partial charge in [-0.3, -0.25) is 4.79 Å². The van der Waals surface area contributed by atoms with Gasteiger partial charge in [0.05, 0.1) is 13.2 Å². The van der Waals surface area contributed by atoms with Crippen molar-refractivity contribution in [1.29, 1.82) is 0 Å². The number of carbonyl (C=O) groups excluding carboxylic acids is 1. The first kappa shape index (κ1) is 29.0. The van der Waals surface area contributed by atoms with Crippen LogP contribution in [0.1, 0.15) is 33.5 Å². The molecule has 0 fully saturated rings. The second kappa shape index (κ2) is 14.4. The quantitative estimate of drug-likeness (QED) is 0.345. The Balaban J connectivity index is 0.00000432. The van der Waals surface area contributed by atoms with Gasteiger partial charge in [0.15, 0.2) is 0 Å². The molecule has 0 saturated carbocycles. The molecule has 0 aliphatic heterocycles. The third kappa shape index (κ3) is 8.17. The number of ether oxygens (including phenoxy) is 1. The van der Waals surface area contributed by atoms with Gasteiger partial charge in [0.25, 0.3) is 5.91 Å². The Bertz CT molecular complexity index is 1160. The van der Waals surface area contributed by atoms with Gasteiger partial charge in [-0.05, 0) is 71.4 Å². The van der Waals surface area contributed by atoms with Gasteiger partial charge in [0, 0.05) is 10.6 Å². The van der Waals surface area contributed by atoms with E-state index < -0.39 is 17.9 Å². The molecule has 0 aliphatic carbocycles. The summed E-state index contributed by atoms with van der Waals surface area (Å²) in [5.41, 5.74) is 4.91. The van der Waals surface area contributed by atoms with E-state index in [1.54, 1.807) is 17.8 Å². The van der Waals surface area contributed by atoms with Crippen LogP contribution in [0.25, 0.3) is 11.1 Å². The van der Waals surface area contributed by atoms with E-state index in [0.29, 0.717) is 36.0 Å². The molecule has 2 N–H and O–H groups in total. The predicted molar refractivity (Wildman–Crippen MR) is 146 cm³/mol. The molecular weight excluding hydrogens is 477 g/mol. The summed E-state index contributed by atoms with van der Waals surface area (Å²) in [6.45, 7) is 2.70. The number of aryl methyl sites for hydroxylation is 1. The average molecular weight is 506 g/mol. The summed E-state index contributed by atoms with van der Waals surface area (Å²) in [6, 6.07) is 19.9. The van der Waals surface area contributed by atoms with Gasteiger partial charge in [-0.25, -0.2) is 4.79 Å². The summed E-state index contributed by atoms with van der Waals surface area (Å²) in [7, 11) is 0. The molecule has 0 spiro atoms. The third-order valence-corrected chi connectivity index (χ3v) is 6.47. The van der Waals surface area contributed by atoms with Crippen molar-refractivity contribution in [3.05, 3.63) is 94.0 Å². The number of rotatable bonds is 11. The molecule has 1 amide bonds. The number of thioether (sulfide) groups is 1. The monoisotopic (exact) mass is 505 g/mol. The second-order valence-electron chi connectivity index (χ2n) is 7.92. The maximum atomic E-state index is 13.1. The van der Waals surface area contributed by atoms with E-state index in [1.807, 2.05) is 73.8 Å². The van der Waals surface area contributed by atoms with Gasteiger partial charge in [0.2, 0.25) is 0 Å². The molecular formula is C27H29ClLiNO4S. The molecule has 0 heterocycles. The number of aliphatic carboxylic acids is 1. The normalized spacial score (nSPS) is 11.4. The van der Waals surface area contributed by atoms with Crippen molar-refractivity contribution in [3.8, 4) is 11.1 Å². The third-order valence-electron chi connectivity index (χ3n) is 5.46. The summed E-state index contributed by atoms with van der Waals surface area (Å²) in [5, 5.41) is 12.9.